The van der Waals surface area contributed by atoms with E-state index in [9.17, 15) is 9.50 Å². The Hall–Kier alpha value is -3.07. The van der Waals surface area contributed by atoms with Gasteiger partial charge in [0.25, 0.3) is 0 Å². The van der Waals surface area contributed by atoms with Crippen molar-refractivity contribution in [2.45, 2.75) is 56.4 Å². The lowest BCUT2D eigenvalue weighted by Crippen LogP contribution is -2.65. The zero-order valence-corrected chi connectivity index (χ0v) is 19.2. The maximum atomic E-state index is 15.4. The van der Waals surface area contributed by atoms with Crippen molar-refractivity contribution in [3.05, 3.63) is 42.6 Å². The van der Waals surface area contributed by atoms with Gasteiger partial charge in [-0.1, -0.05) is 0 Å². The summed E-state index contributed by atoms with van der Waals surface area (Å²) in [6.45, 7) is 4.09. The minimum Gasteiger partial charge on any atom is -0.507 e. The first kappa shape index (κ1) is 21.8. The van der Waals surface area contributed by atoms with Gasteiger partial charge in [-0.15, -0.1) is 0 Å². The van der Waals surface area contributed by atoms with Crippen LogP contribution < -0.4 is 10.2 Å². The summed E-state index contributed by atoms with van der Waals surface area (Å²) in [6, 6.07) is 3.92. The number of aryl methyl sites for hydroxylation is 1. The number of phenolic OH excluding ortho intramolecular Hbond substituents is 1. The van der Waals surface area contributed by atoms with E-state index >= 15 is 4.39 Å². The number of piperidine rings is 1. The van der Waals surface area contributed by atoms with Crippen molar-refractivity contribution in [2.24, 2.45) is 7.05 Å². The van der Waals surface area contributed by atoms with Crippen molar-refractivity contribution in [3.8, 4) is 28.3 Å². The Morgan fingerprint density at radius 2 is 1.94 bits per heavy atom. The van der Waals surface area contributed by atoms with Gasteiger partial charge in [-0.3, -0.25) is 9.67 Å². The smallest absolute Gasteiger partial charge is 0.147 e. The Kier molecular flexibility index (Phi) is 4.93. The number of aromatic nitrogens is 4. The summed E-state index contributed by atoms with van der Waals surface area (Å²) in [5.74, 6) is -0.103. The third-order valence-corrected chi connectivity index (χ3v) is 7.24. The first-order valence-corrected chi connectivity index (χ1v) is 11.1. The number of nitrogens with zero attached hydrogens (tertiary/aromatic N) is 5. The number of hydrogen-bond donors (Lipinski definition) is 2. The number of nitrogens with one attached hydrogen (secondary N) is 1. The summed E-state index contributed by atoms with van der Waals surface area (Å²) in [7, 11) is 3.57. The van der Waals surface area contributed by atoms with Crippen LogP contribution in [-0.4, -0.2) is 55.2 Å². The van der Waals surface area contributed by atoms with E-state index in [-0.39, 0.29) is 28.5 Å². The number of halogens is 2. The van der Waals surface area contributed by atoms with Gasteiger partial charge in [0.05, 0.1) is 29.8 Å². The van der Waals surface area contributed by atoms with E-state index in [1.165, 1.54) is 18.3 Å². The fourth-order valence-electron chi connectivity index (χ4n) is 5.37. The highest BCUT2D eigenvalue weighted by Gasteiger charge is 2.56. The van der Waals surface area contributed by atoms with Crippen LogP contribution >= 0.6 is 0 Å². The van der Waals surface area contributed by atoms with Crippen molar-refractivity contribution >= 4 is 5.82 Å². The van der Waals surface area contributed by atoms with Crippen molar-refractivity contribution in [3.63, 3.8) is 0 Å². The highest BCUT2D eigenvalue weighted by molar-refractivity contribution is 5.73. The average Bonchev–Trinajstić information content (AvgIpc) is 3.33. The molecule has 0 radical (unpaired) electrons. The molecule has 2 fully saturated rings. The normalized spacial score (nSPS) is 28.8. The molecule has 1 aromatic carbocycles. The Morgan fingerprint density at radius 1 is 1.15 bits per heavy atom. The summed E-state index contributed by atoms with van der Waals surface area (Å²) < 4.78 is 31.8. The average molecular weight is 455 g/mol. The molecule has 0 spiro atoms. The lowest BCUT2D eigenvalue weighted by atomic mass is 9.82. The highest BCUT2D eigenvalue weighted by atomic mass is 19.1. The number of anilines is 1. The van der Waals surface area contributed by atoms with Gasteiger partial charge in [0, 0.05) is 42.5 Å². The van der Waals surface area contributed by atoms with Crippen molar-refractivity contribution in [1.82, 2.24) is 25.1 Å². The van der Waals surface area contributed by atoms with Crippen LogP contribution in [0.3, 0.4) is 0 Å². The number of rotatable bonds is 4. The molecule has 5 rings (SSSR count). The molecule has 9 heteroatoms. The third kappa shape index (κ3) is 3.64. The second kappa shape index (κ2) is 7.48. The molecule has 0 amide bonds. The van der Waals surface area contributed by atoms with E-state index in [1.807, 2.05) is 18.9 Å². The molecule has 4 heterocycles. The number of hydrogen-bond acceptors (Lipinski definition) is 6. The number of fused-ring (bicyclic) bond motifs is 2. The molecule has 2 bridgehead atoms. The third-order valence-electron chi connectivity index (χ3n) is 7.24. The van der Waals surface area contributed by atoms with E-state index < -0.39 is 17.5 Å². The summed E-state index contributed by atoms with van der Waals surface area (Å²) in [5.41, 5.74) is 0.561. The Bertz CT molecular complexity index is 1200. The predicted molar refractivity (Wildman–Crippen MR) is 122 cm³/mol. The Labute approximate surface area is 191 Å². The maximum Gasteiger partial charge on any atom is 0.147 e. The second-order valence-electron chi connectivity index (χ2n) is 9.87. The van der Waals surface area contributed by atoms with Gasteiger partial charge in [-0.25, -0.2) is 13.8 Å². The van der Waals surface area contributed by atoms with Gasteiger partial charge in [-0.05, 0) is 51.3 Å². The van der Waals surface area contributed by atoms with Gasteiger partial charge in [0.2, 0.25) is 0 Å². The molecule has 174 valence electrons. The van der Waals surface area contributed by atoms with Gasteiger partial charge in [-0.2, -0.15) is 5.10 Å². The van der Waals surface area contributed by atoms with Crippen LogP contribution in [0.4, 0.5) is 14.6 Å². The van der Waals surface area contributed by atoms with Gasteiger partial charge in [0.1, 0.15) is 23.6 Å². The van der Waals surface area contributed by atoms with Crippen LogP contribution in [0.1, 0.15) is 33.1 Å². The molecule has 33 heavy (non-hydrogen) atoms. The second-order valence-corrected chi connectivity index (χ2v) is 9.87. The van der Waals surface area contributed by atoms with Crippen LogP contribution in [0.15, 0.2) is 36.8 Å². The van der Waals surface area contributed by atoms with E-state index in [0.717, 1.165) is 12.8 Å². The molecule has 0 aliphatic carbocycles. The van der Waals surface area contributed by atoms with Gasteiger partial charge in [0.15, 0.2) is 0 Å². The molecular weight excluding hydrogens is 426 g/mol. The van der Waals surface area contributed by atoms with E-state index in [0.29, 0.717) is 23.6 Å². The van der Waals surface area contributed by atoms with E-state index in [2.05, 4.69) is 27.3 Å². The predicted octanol–water partition coefficient (Wildman–Crippen LogP) is 3.84. The van der Waals surface area contributed by atoms with Crippen LogP contribution in [-0.2, 0) is 7.05 Å². The van der Waals surface area contributed by atoms with Crippen molar-refractivity contribution < 1.29 is 13.9 Å². The fourth-order valence-corrected chi connectivity index (χ4v) is 5.37. The first-order chi connectivity index (χ1) is 15.6. The Balaban J connectivity index is 1.40. The van der Waals surface area contributed by atoms with Crippen LogP contribution in [0.25, 0.3) is 22.5 Å². The molecule has 2 aliphatic rings. The molecule has 2 N–H and O–H groups in total. The minimum absolute atomic E-state index is 0.0949. The van der Waals surface area contributed by atoms with E-state index in [1.54, 1.807) is 30.2 Å². The zero-order valence-electron chi connectivity index (χ0n) is 19.2. The van der Waals surface area contributed by atoms with Crippen LogP contribution in [0.5, 0.6) is 5.75 Å². The van der Waals surface area contributed by atoms with Crippen molar-refractivity contribution in [2.75, 3.05) is 11.9 Å². The molecule has 4 atom stereocenters. The molecule has 0 unspecified atom stereocenters. The first-order valence-electron chi connectivity index (χ1n) is 11.1. The highest BCUT2D eigenvalue weighted by Crippen LogP contribution is 2.45. The standard InChI is InChI=1S/C24H28F2N6O/c1-23-6-7-24(2,30-23)22(26)19(11-23)32(4)21-13-27-18(12-28-21)15-9-16(25)14(10-20(15)33)17-5-8-31(3)29-17/h5,8-10,12-13,19,22,30,33H,6-7,11H2,1-4H3/t19-,22-,23-,24+/m1/s1. The van der Waals surface area contributed by atoms with Gasteiger partial charge < -0.3 is 15.3 Å². The summed E-state index contributed by atoms with van der Waals surface area (Å²) in [5, 5.41) is 18.2. The number of alkyl halides is 1. The summed E-state index contributed by atoms with van der Waals surface area (Å²) in [4.78, 5) is 10.7. The molecule has 2 saturated heterocycles. The largest absolute Gasteiger partial charge is 0.507 e. The molecule has 2 aliphatic heterocycles. The molecule has 3 aromatic rings. The quantitative estimate of drug-likeness (QED) is 0.624. The molecule has 0 saturated carbocycles. The summed E-state index contributed by atoms with van der Waals surface area (Å²) >= 11 is 0. The lowest BCUT2D eigenvalue weighted by molar-refractivity contribution is 0.0859. The number of aromatic hydroxyl groups is 1. The fraction of sp³-hybridized carbons (Fsp3) is 0.458. The molecular formula is C24H28F2N6O. The Morgan fingerprint density at radius 3 is 2.61 bits per heavy atom. The monoisotopic (exact) mass is 454 g/mol. The van der Waals surface area contributed by atoms with Crippen molar-refractivity contribution in [1.29, 1.82) is 0 Å². The van der Waals surface area contributed by atoms with E-state index in [4.69, 9.17) is 0 Å². The molecule has 7 nitrogen and oxygen atoms in total. The molecule has 2 aromatic heterocycles. The number of phenols is 1. The van der Waals surface area contributed by atoms with Gasteiger partial charge >= 0.3 is 0 Å². The van der Waals surface area contributed by atoms with Crippen LogP contribution in [0, 0.1) is 5.82 Å². The topological polar surface area (TPSA) is 79.1 Å². The SMILES string of the molecule is CN(c1cnc(-c2cc(F)c(-c3ccn(C)n3)cc2O)cn1)[C@@H]1C[C@@]2(C)CC[C@](C)(N2)[C@@H]1F. The number of benzene rings is 1. The lowest BCUT2D eigenvalue weighted by Gasteiger charge is -2.47. The summed E-state index contributed by atoms with van der Waals surface area (Å²) in [6.07, 6.45) is 6.10. The van der Waals surface area contributed by atoms with Crippen LogP contribution in [0.2, 0.25) is 0 Å². The minimum atomic E-state index is -1.04. The zero-order chi connectivity index (χ0) is 23.5. The maximum absolute atomic E-state index is 15.4.